The van der Waals surface area contributed by atoms with Gasteiger partial charge in [0.25, 0.3) is 0 Å². The molecule has 2 rings (SSSR count). The average molecular weight is 160 g/mol. The van der Waals surface area contributed by atoms with Gasteiger partial charge in [0.15, 0.2) is 0 Å². The third-order valence-electron chi connectivity index (χ3n) is 2.86. The molecule has 0 spiro atoms. The van der Waals surface area contributed by atoms with Crippen LogP contribution < -0.4 is 0 Å². The molecule has 0 aromatic heterocycles. The fourth-order valence-electron chi connectivity index (χ4n) is 1.59. The summed E-state index contributed by atoms with van der Waals surface area (Å²) in [6.07, 6.45) is 4.11. The topological polar surface area (TPSA) is 0 Å². The Morgan fingerprint density at radius 3 is 2.25 bits per heavy atom. The number of benzene rings is 1. The van der Waals surface area contributed by atoms with Crippen molar-refractivity contribution in [1.82, 2.24) is 0 Å². The fraction of sp³-hybridized carbons (Fsp3) is 0.500. The minimum Gasteiger partial charge on any atom is -0.0593 e. The summed E-state index contributed by atoms with van der Waals surface area (Å²) in [5, 5.41) is 0. The van der Waals surface area contributed by atoms with Crippen LogP contribution in [0.3, 0.4) is 0 Å². The molecule has 1 aliphatic carbocycles. The van der Waals surface area contributed by atoms with E-state index >= 15 is 0 Å². The number of aryl methyl sites for hydroxylation is 1. The third-order valence-corrected chi connectivity index (χ3v) is 2.86. The zero-order chi connectivity index (χ0) is 8.60. The van der Waals surface area contributed by atoms with Crippen LogP contribution in [-0.4, -0.2) is 0 Å². The van der Waals surface area contributed by atoms with E-state index in [9.17, 15) is 0 Å². The molecule has 1 aliphatic rings. The van der Waals surface area contributed by atoms with Gasteiger partial charge in [-0.05, 0) is 37.2 Å². The summed E-state index contributed by atoms with van der Waals surface area (Å²) in [5.41, 5.74) is 3.51. The van der Waals surface area contributed by atoms with Gasteiger partial charge < -0.3 is 0 Å². The molecule has 0 saturated heterocycles. The Morgan fingerprint density at radius 1 is 1.17 bits per heavy atom. The lowest BCUT2D eigenvalue weighted by Crippen LogP contribution is -1.98. The molecule has 0 amide bonds. The second-order valence-corrected chi connectivity index (χ2v) is 4.47. The first-order valence-corrected chi connectivity index (χ1v) is 4.74. The van der Waals surface area contributed by atoms with E-state index in [1.54, 1.807) is 0 Å². The molecular formula is C12H16. The molecule has 0 bridgehead atoms. The second-order valence-electron chi connectivity index (χ2n) is 4.47. The first-order valence-electron chi connectivity index (χ1n) is 4.74. The Balaban J connectivity index is 2.08. The lowest BCUT2D eigenvalue weighted by molar-refractivity contribution is 0.570. The third kappa shape index (κ3) is 1.69. The summed E-state index contributed by atoms with van der Waals surface area (Å²) < 4.78 is 0. The zero-order valence-corrected chi connectivity index (χ0v) is 7.93. The highest BCUT2D eigenvalue weighted by Crippen LogP contribution is 2.47. The molecule has 0 nitrogen and oxygen atoms in total. The average Bonchev–Trinajstić information content (AvgIpc) is 2.74. The maximum Gasteiger partial charge on any atom is -0.0225 e. The minimum absolute atomic E-state index is 0.648. The molecule has 0 atom stereocenters. The molecule has 0 aliphatic heterocycles. The molecular weight excluding hydrogens is 144 g/mol. The molecule has 12 heavy (non-hydrogen) atoms. The van der Waals surface area contributed by atoms with Crippen molar-refractivity contribution in [3.05, 3.63) is 35.4 Å². The number of hydrogen-bond acceptors (Lipinski definition) is 0. The second kappa shape index (κ2) is 2.62. The SMILES string of the molecule is Cc1ccc(CC2(C)CC2)cc1. The van der Waals surface area contributed by atoms with Gasteiger partial charge in [0.05, 0.1) is 0 Å². The lowest BCUT2D eigenvalue weighted by atomic mass is 9.98. The predicted molar refractivity (Wildman–Crippen MR) is 52.2 cm³/mol. The van der Waals surface area contributed by atoms with Crippen LogP contribution >= 0.6 is 0 Å². The summed E-state index contributed by atoms with van der Waals surface area (Å²) in [5.74, 6) is 0. The predicted octanol–water partition coefficient (Wildman–Crippen LogP) is 3.34. The monoisotopic (exact) mass is 160 g/mol. The van der Waals surface area contributed by atoms with Gasteiger partial charge in [-0.3, -0.25) is 0 Å². The van der Waals surface area contributed by atoms with E-state index in [-0.39, 0.29) is 0 Å². The highest BCUT2D eigenvalue weighted by Gasteiger charge is 2.36. The van der Waals surface area contributed by atoms with Gasteiger partial charge in [0, 0.05) is 0 Å². The van der Waals surface area contributed by atoms with Crippen LogP contribution in [0, 0.1) is 12.3 Å². The van der Waals surface area contributed by atoms with Crippen LogP contribution in [0.2, 0.25) is 0 Å². The summed E-state index contributed by atoms with van der Waals surface area (Å²) in [6.45, 7) is 4.52. The largest absolute Gasteiger partial charge is 0.0593 e. The molecule has 0 heteroatoms. The molecule has 0 N–H and O–H groups in total. The van der Waals surface area contributed by atoms with E-state index in [2.05, 4.69) is 38.1 Å². The quantitative estimate of drug-likeness (QED) is 0.622. The van der Waals surface area contributed by atoms with Crippen molar-refractivity contribution in [2.24, 2.45) is 5.41 Å². The fourth-order valence-corrected chi connectivity index (χ4v) is 1.59. The van der Waals surface area contributed by atoms with E-state index in [1.807, 2.05) is 0 Å². The standard InChI is InChI=1S/C12H16/c1-10-3-5-11(6-4-10)9-12(2)7-8-12/h3-6H,7-9H2,1-2H3. The van der Waals surface area contributed by atoms with Crippen LogP contribution in [0.25, 0.3) is 0 Å². The molecule has 1 saturated carbocycles. The van der Waals surface area contributed by atoms with Crippen molar-refractivity contribution in [2.45, 2.75) is 33.1 Å². The first kappa shape index (κ1) is 7.85. The summed E-state index contributed by atoms with van der Waals surface area (Å²) in [7, 11) is 0. The van der Waals surface area contributed by atoms with Gasteiger partial charge in [-0.2, -0.15) is 0 Å². The van der Waals surface area contributed by atoms with E-state index in [0.29, 0.717) is 5.41 Å². The van der Waals surface area contributed by atoms with E-state index in [4.69, 9.17) is 0 Å². The Hall–Kier alpha value is -0.780. The van der Waals surface area contributed by atoms with Gasteiger partial charge in [-0.1, -0.05) is 36.8 Å². The van der Waals surface area contributed by atoms with Crippen LogP contribution in [0.4, 0.5) is 0 Å². The van der Waals surface area contributed by atoms with Gasteiger partial charge in [-0.25, -0.2) is 0 Å². The van der Waals surface area contributed by atoms with Gasteiger partial charge in [-0.15, -0.1) is 0 Å². The van der Waals surface area contributed by atoms with Crippen molar-refractivity contribution >= 4 is 0 Å². The zero-order valence-electron chi connectivity index (χ0n) is 7.93. The summed E-state index contributed by atoms with van der Waals surface area (Å²) in [4.78, 5) is 0. The molecule has 0 heterocycles. The molecule has 1 fully saturated rings. The van der Waals surface area contributed by atoms with Gasteiger partial charge >= 0.3 is 0 Å². The Bertz CT molecular complexity index is 265. The Kier molecular flexibility index (Phi) is 1.71. The highest BCUT2D eigenvalue weighted by molar-refractivity contribution is 5.23. The van der Waals surface area contributed by atoms with Crippen molar-refractivity contribution in [2.75, 3.05) is 0 Å². The number of hydrogen-bond donors (Lipinski definition) is 0. The summed E-state index contributed by atoms with van der Waals surface area (Å²) in [6, 6.07) is 8.94. The minimum atomic E-state index is 0.648. The highest BCUT2D eigenvalue weighted by atomic mass is 14.4. The van der Waals surface area contributed by atoms with Crippen molar-refractivity contribution < 1.29 is 0 Å². The van der Waals surface area contributed by atoms with Crippen molar-refractivity contribution in [3.63, 3.8) is 0 Å². The normalized spacial score (nSPS) is 19.2. The van der Waals surface area contributed by atoms with Crippen LogP contribution in [0.15, 0.2) is 24.3 Å². The van der Waals surface area contributed by atoms with E-state index in [1.165, 1.54) is 30.4 Å². The summed E-state index contributed by atoms with van der Waals surface area (Å²) >= 11 is 0. The maximum absolute atomic E-state index is 2.38. The van der Waals surface area contributed by atoms with Crippen LogP contribution in [-0.2, 0) is 6.42 Å². The Morgan fingerprint density at radius 2 is 1.75 bits per heavy atom. The molecule has 64 valence electrons. The smallest absolute Gasteiger partial charge is 0.0225 e. The molecule has 0 unspecified atom stereocenters. The maximum atomic E-state index is 2.38. The van der Waals surface area contributed by atoms with Crippen LogP contribution in [0.5, 0.6) is 0 Å². The van der Waals surface area contributed by atoms with Gasteiger partial charge in [0.1, 0.15) is 0 Å². The number of rotatable bonds is 2. The first-order chi connectivity index (χ1) is 5.68. The Labute approximate surface area is 74.6 Å². The molecule has 0 radical (unpaired) electrons. The van der Waals surface area contributed by atoms with Crippen LogP contribution in [0.1, 0.15) is 30.9 Å². The van der Waals surface area contributed by atoms with E-state index < -0.39 is 0 Å². The van der Waals surface area contributed by atoms with Crippen molar-refractivity contribution in [3.8, 4) is 0 Å². The molecule has 1 aromatic carbocycles. The van der Waals surface area contributed by atoms with E-state index in [0.717, 1.165) is 0 Å². The van der Waals surface area contributed by atoms with Crippen molar-refractivity contribution in [1.29, 1.82) is 0 Å². The lowest BCUT2D eigenvalue weighted by Gasteiger charge is -2.07. The van der Waals surface area contributed by atoms with Gasteiger partial charge in [0.2, 0.25) is 0 Å². The molecule has 1 aromatic rings.